The third kappa shape index (κ3) is 4.72. The third-order valence-corrected chi connectivity index (χ3v) is 6.75. The van der Waals surface area contributed by atoms with Crippen LogP contribution in [0.5, 0.6) is 0 Å². The fourth-order valence-corrected chi connectivity index (χ4v) is 5.13. The van der Waals surface area contributed by atoms with Gasteiger partial charge in [0.15, 0.2) is 4.83 Å². The van der Waals surface area contributed by atoms with Crippen molar-refractivity contribution in [3.63, 3.8) is 0 Å². The number of rotatable bonds is 7. The van der Waals surface area contributed by atoms with Gasteiger partial charge >= 0.3 is 5.97 Å². The van der Waals surface area contributed by atoms with E-state index in [1.165, 1.54) is 16.2 Å². The highest BCUT2D eigenvalue weighted by Crippen LogP contribution is 2.35. The summed E-state index contributed by atoms with van der Waals surface area (Å²) in [4.78, 5) is 39.3. The number of esters is 1. The van der Waals surface area contributed by atoms with Crippen LogP contribution in [-0.2, 0) is 28.9 Å². The van der Waals surface area contributed by atoms with Crippen LogP contribution in [0.25, 0.3) is 10.2 Å². The first kappa shape index (κ1) is 22.1. The zero-order chi connectivity index (χ0) is 22.7. The molecule has 8 nitrogen and oxygen atoms in total. The molecule has 1 aromatic carbocycles. The summed E-state index contributed by atoms with van der Waals surface area (Å²) < 4.78 is 6.29. The number of amides is 1. The summed E-state index contributed by atoms with van der Waals surface area (Å²) in [5, 5.41) is 11.5. The SMILES string of the molecule is CCCCOC(=O)c1ccc(NC(=O)Cn2nnc3sc4c(c3c2=O)CCC(C)C4)cc1. The zero-order valence-electron chi connectivity index (χ0n) is 18.2. The van der Waals surface area contributed by atoms with Crippen LogP contribution < -0.4 is 10.9 Å². The van der Waals surface area contributed by atoms with Gasteiger partial charge < -0.3 is 10.1 Å². The standard InChI is InChI=1S/C23H26N4O4S/c1-3-4-11-31-23(30)15-6-8-16(9-7-15)24-19(28)13-27-22(29)20-17-10-5-14(2)12-18(17)32-21(20)25-26-27/h6-9,14H,3-5,10-13H2,1-2H3,(H,24,28). The van der Waals surface area contributed by atoms with E-state index in [2.05, 4.69) is 22.6 Å². The number of ether oxygens (including phenoxy) is 1. The molecule has 0 radical (unpaired) electrons. The van der Waals surface area contributed by atoms with E-state index in [1.807, 2.05) is 6.92 Å². The lowest BCUT2D eigenvalue weighted by atomic mass is 9.89. The molecule has 0 aliphatic heterocycles. The van der Waals surface area contributed by atoms with Crippen LogP contribution in [0.2, 0.25) is 0 Å². The van der Waals surface area contributed by atoms with Crippen molar-refractivity contribution < 1.29 is 14.3 Å². The Kier molecular flexibility index (Phi) is 6.64. The summed E-state index contributed by atoms with van der Waals surface area (Å²) in [7, 11) is 0. The number of fused-ring (bicyclic) bond motifs is 3. The number of aryl methyl sites for hydroxylation is 1. The van der Waals surface area contributed by atoms with Gasteiger partial charge in [-0.05, 0) is 61.4 Å². The number of nitrogens with zero attached hydrogens (tertiary/aromatic N) is 3. The van der Waals surface area contributed by atoms with E-state index < -0.39 is 5.91 Å². The predicted molar refractivity (Wildman–Crippen MR) is 123 cm³/mol. The lowest BCUT2D eigenvalue weighted by Crippen LogP contribution is -2.30. The van der Waals surface area contributed by atoms with Crippen LogP contribution >= 0.6 is 11.3 Å². The number of hydrogen-bond acceptors (Lipinski definition) is 7. The highest BCUT2D eigenvalue weighted by atomic mass is 32.1. The quantitative estimate of drug-likeness (QED) is 0.432. The molecule has 9 heteroatoms. The van der Waals surface area contributed by atoms with Crippen molar-refractivity contribution in [1.82, 2.24) is 15.0 Å². The molecule has 32 heavy (non-hydrogen) atoms. The van der Waals surface area contributed by atoms with Gasteiger partial charge in [-0.1, -0.05) is 25.5 Å². The molecule has 2 heterocycles. The second-order valence-electron chi connectivity index (χ2n) is 8.20. The molecular formula is C23H26N4O4S. The van der Waals surface area contributed by atoms with Crippen molar-refractivity contribution in [1.29, 1.82) is 0 Å². The van der Waals surface area contributed by atoms with E-state index in [9.17, 15) is 14.4 Å². The van der Waals surface area contributed by atoms with Gasteiger partial charge in [-0.3, -0.25) is 9.59 Å². The van der Waals surface area contributed by atoms with Gasteiger partial charge in [-0.25, -0.2) is 9.48 Å². The van der Waals surface area contributed by atoms with Gasteiger partial charge in [-0.2, -0.15) is 0 Å². The number of nitrogens with one attached hydrogen (secondary N) is 1. The lowest BCUT2D eigenvalue weighted by Gasteiger charge is -2.17. The second-order valence-corrected chi connectivity index (χ2v) is 9.28. The molecule has 0 saturated carbocycles. The second kappa shape index (κ2) is 9.60. The summed E-state index contributed by atoms with van der Waals surface area (Å²) in [6.45, 7) is 4.39. The molecule has 0 fully saturated rings. The topological polar surface area (TPSA) is 103 Å². The first-order valence-corrected chi connectivity index (χ1v) is 11.7. The van der Waals surface area contributed by atoms with Crippen LogP contribution in [0.15, 0.2) is 29.1 Å². The fourth-order valence-electron chi connectivity index (χ4n) is 3.81. The van der Waals surface area contributed by atoms with E-state index in [1.54, 1.807) is 24.3 Å². The molecule has 1 N–H and O–H groups in total. The van der Waals surface area contributed by atoms with Crippen molar-refractivity contribution in [2.24, 2.45) is 5.92 Å². The average molecular weight is 455 g/mol. The van der Waals surface area contributed by atoms with Gasteiger partial charge in [0.25, 0.3) is 5.56 Å². The summed E-state index contributed by atoms with van der Waals surface area (Å²) in [6, 6.07) is 6.45. The Morgan fingerprint density at radius 1 is 1.28 bits per heavy atom. The first-order chi connectivity index (χ1) is 15.5. The van der Waals surface area contributed by atoms with Gasteiger partial charge in [0.1, 0.15) is 6.54 Å². The summed E-state index contributed by atoms with van der Waals surface area (Å²) in [5.74, 6) is -0.183. The van der Waals surface area contributed by atoms with E-state index in [0.29, 0.717) is 34.0 Å². The Bertz CT molecular complexity index is 1200. The van der Waals surface area contributed by atoms with E-state index in [-0.39, 0.29) is 18.1 Å². The average Bonchev–Trinajstić information content (AvgIpc) is 3.14. The minimum Gasteiger partial charge on any atom is -0.462 e. The monoisotopic (exact) mass is 454 g/mol. The number of carbonyl (C=O) groups excluding carboxylic acids is 2. The highest BCUT2D eigenvalue weighted by molar-refractivity contribution is 7.18. The van der Waals surface area contributed by atoms with E-state index in [4.69, 9.17) is 4.74 Å². The smallest absolute Gasteiger partial charge is 0.338 e. The molecule has 1 unspecified atom stereocenters. The number of carbonyl (C=O) groups is 2. The molecule has 4 rings (SSSR count). The number of unbranched alkanes of at least 4 members (excludes halogenated alkanes) is 1. The maximum absolute atomic E-state index is 13.0. The van der Waals surface area contributed by atoms with Crippen LogP contribution in [0.4, 0.5) is 5.69 Å². The van der Waals surface area contributed by atoms with Crippen LogP contribution in [0.3, 0.4) is 0 Å². The Morgan fingerprint density at radius 3 is 2.81 bits per heavy atom. The lowest BCUT2D eigenvalue weighted by molar-refractivity contribution is -0.117. The number of hydrogen-bond donors (Lipinski definition) is 1. The summed E-state index contributed by atoms with van der Waals surface area (Å²) in [5.41, 5.74) is 1.73. The zero-order valence-corrected chi connectivity index (χ0v) is 19.0. The van der Waals surface area contributed by atoms with Crippen LogP contribution in [-0.4, -0.2) is 33.5 Å². The minimum absolute atomic E-state index is 0.233. The van der Waals surface area contributed by atoms with Crippen molar-refractivity contribution in [2.45, 2.75) is 52.5 Å². The van der Waals surface area contributed by atoms with Crippen molar-refractivity contribution in [3.05, 3.63) is 50.6 Å². The molecule has 1 amide bonds. The maximum Gasteiger partial charge on any atom is 0.338 e. The van der Waals surface area contributed by atoms with Crippen molar-refractivity contribution in [3.8, 4) is 0 Å². The molecule has 1 atom stereocenters. The minimum atomic E-state index is -0.392. The molecule has 0 spiro atoms. The Balaban J connectivity index is 1.43. The Labute approximate surface area is 189 Å². The molecular weight excluding hydrogens is 428 g/mol. The molecule has 1 aliphatic carbocycles. The first-order valence-electron chi connectivity index (χ1n) is 10.9. The van der Waals surface area contributed by atoms with Gasteiger partial charge in [0, 0.05) is 10.6 Å². The van der Waals surface area contributed by atoms with Crippen molar-refractivity contribution in [2.75, 3.05) is 11.9 Å². The highest BCUT2D eigenvalue weighted by Gasteiger charge is 2.24. The van der Waals surface area contributed by atoms with Gasteiger partial charge in [0.05, 0.1) is 17.6 Å². The fraction of sp³-hybridized carbons (Fsp3) is 0.435. The maximum atomic E-state index is 13.0. The molecule has 168 valence electrons. The van der Waals surface area contributed by atoms with Crippen molar-refractivity contribution >= 4 is 39.1 Å². The Hall–Kier alpha value is -3.07. The molecule has 0 saturated heterocycles. The number of benzene rings is 1. The van der Waals surface area contributed by atoms with E-state index >= 15 is 0 Å². The summed E-state index contributed by atoms with van der Waals surface area (Å²) in [6.07, 6.45) is 4.63. The van der Waals surface area contributed by atoms with E-state index in [0.717, 1.165) is 42.3 Å². The molecule has 3 aromatic rings. The third-order valence-electron chi connectivity index (χ3n) is 5.61. The van der Waals surface area contributed by atoms with Crippen LogP contribution in [0.1, 0.15) is 53.9 Å². The Morgan fingerprint density at radius 2 is 2.06 bits per heavy atom. The number of aromatic nitrogens is 3. The largest absolute Gasteiger partial charge is 0.462 e. The van der Waals surface area contributed by atoms with Gasteiger partial charge in [-0.15, -0.1) is 16.4 Å². The van der Waals surface area contributed by atoms with Crippen LogP contribution in [0, 0.1) is 5.92 Å². The van der Waals surface area contributed by atoms with Gasteiger partial charge in [0.2, 0.25) is 5.91 Å². The predicted octanol–water partition coefficient (Wildman–Crippen LogP) is 3.57. The molecule has 1 aliphatic rings. The number of anilines is 1. The molecule has 0 bridgehead atoms. The molecule has 2 aromatic heterocycles. The number of thiophene rings is 1. The normalized spacial score (nSPS) is 15.4. The summed E-state index contributed by atoms with van der Waals surface area (Å²) >= 11 is 1.53.